The molecule has 0 bridgehead atoms. The predicted octanol–water partition coefficient (Wildman–Crippen LogP) is 0.133. The average molecular weight is 217 g/mol. The van der Waals surface area contributed by atoms with Crippen LogP contribution in [0.5, 0.6) is 0 Å². The first-order valence-electron chi connectivity index (χ1n) is 4.88. The summed E-state index contributed by atoms with van der Waals surface area (Å²) in [6.45, 7) is 2.31. The molecule has 5 heteroatoms. The SMILES string of the molecule is COCC(CNC(=O)CCC(C)=O)OC. The average Bonchev–Trinajstić information content (AvgIpc) is 2.21. The van der Waals surface area contributed by atoms with Crippen LogP contribution in [0.1, 0.15) is 19.8 Å². The van der Waals surface area contributed by atoms with E-state index in [1.807, 2.05) is 0 Å². The number of methoxy groups -OCH3 is 2. The van der Waals surface area contributed by atoms with E-state index < -0.39 is 0 Å². The zero-order chi connectivity index (χ0) is 11.7. The maximum atomic E-state index is 11.2. The van der Waals surface area contributed by atoms with Crippen LogP contribution in [0.3, 0.4) is 0 Å². The minimum Gasteiger partial charge on any atom is -0.382 e. The molecule has 0 spiro atoms. The van der Waals surface area contributed by atoms with Crippen LogP contribution in [-0.4, -0.2) is 45.2 Å². The Hall–Kier alpha value is -0.940. The number of hydrogen-bond donors (Lipinski definition) is 1. The molecular weight excluding hydrogens is 198 g/mol. The lowest BCUT2D eigenvalue weighted by Gasteiger charge is -2.14. The van der Waals surface area contributed by atoms with E-state index in [-0.39, 0.29) is 30.6 Å². The Labute approximate surface area is 90.1 Å². The molecule has 0 aliphatic carbocycles. The van der Waals surface area contributed by atoms with Gasteiger partial charge in [-0.25, -0.2) is 0 Å². The monoisotopic (exact) mass is 217 g/mol. The van der Waals surface area contributed by atoms with Crippen LogP contribution in [0.25, 0.3) is 0 Å². The van der Waals surface area contributed by atoms with Crippen molar-refractivity contribution in [1.29, 1.82) is 0 Å². The summed E-state index contributed by atoms with van der Waals surface area (Å²) < 4.78 is 9.95. The molecule has 0 fully saturated rings. The molecule has 1 atom stereocenters. The minimum absolute atomic E-state index is 0.0188. The minimum atomic E-state index is -0.142. The Kier molecular flexibility index (Phi) is 7.85. The zero-order valence-corrected chi connectivity index (χ0v) is 9.54. The third kappa shape index (κ3) is 8.08. The highest BCUT2D eigenvalue weighted by molar-refractivity contribution is 5.83. The molecule has 0 heterocycles. The van der Waals surface area contributed by atoms with E-state index in [0.29, 0.717) is 13.2 Å². The fourth-order valence-electron chi connectivity index (χ4n) is 1.00. The molecule has 15 heavy (non-hydrogen) atoms. The molecule has 88 valence electrons. The number of hydrogen-bond acceptors (Lipinski definition) is 4. The number of carbonyl (C=O) groups is 2. The van der Waals surface area contributed by atoms with Gasteiger partial charge in [0.15, 0.2) is 0 Å². The van der Waals surface area contributed by atoms with Crippen molar-refractivity contribution >= 4 is 11.7 Å². The Morgan fingerprint density at radius 1 is 1.27 bits per heavy atom. The largest absolute Gasteiger partial charge is 0.382 e. The molecule has 1 N–H and O–H groups in total. The maximum absolute atomic E-state index is 11.2. The summed E-state index contributed by atoms with van der Waals surface area (Å²) in [5, 5.41) is 2.68. The summed E-state index contributed by atoms with van der Waals surface area (Å²) in [5.41, 5.74) is 0. The van der Waals surface area contributed by atoms with Crippen LogP contribution in [0.4, 0.5) is 0 Å². The van der Waals surface area contributed by atoms with E-state index in [1.165, 1.54) is 6.92 Å². The van der Waals surface area contributed by atoms with Crippen LogP contribution >= 0.6 is 0 Å². The second kappa shape index (κ2) is 8.38. The Morgan fingerprint density at radius 3 is 2.40 bits per heavy atom. The van der Waals surface area contributed by atoms with Crippen LogP contribution in [0.15, 0.2) is 0 Å². The van der Waals surface area contributed by atoms with Crippen LogP contribution in [-0.2, 0) is 19.1 Å². The highest BCUT2D eigenvalue weighted by Gasteiger charge is 2.09. The Morgan fingerprint density at radius 2 is 1.93 bits per heavy atom. The summed E-state index contributed by atoms with van der Waals surface area (Å²) in [5.74, 6) is -0.117. The first-order chi connectivity index (χ1) is 7.10. The lowest BCUT2D eigenvalue weighted by Crippen LogP contribution is -2.35. The second-order valence-electron chi connectivity index (χ2n) is 3.32. The van der Waals surface area contributed by atoms with Gasteiger partial charge in [-0.1, -0.05) is 0 Å². The van der Waals surface area contributed by atoms with E-state index in [1.54, 1.807) is 14.2 Å². The van der Waals surface area contributed by atoms with Gasteiger partial charge < -0.3 is 19.6 Å². The molecule has 1 amide bonds. The standard InChI is InChI=1S/C10H19NO4/c1-8(12)4-5-10(13)11-6-9(15-3)7-14-2/h9H,4-7H2,1-3H3,(H,11,13). The lowest BCUT2D eigenvalue weighted by atomic mass is 10.2. The molecule has 0 saturated carbocycles. The second-order valence-corrected chi connectivity index (χ2v) is 3.32. The van der Waals surface area contributed by atoms with Gasteiger partial charge in [-0.2, -0.15) is 0 Å². The summed E-state index contributed by atoms with van der Waals surface area (Å²) in [6, 6.07) is 0. The van der Waals surface area contributed by atoms with Crippen LogP contribution in [0, 0.1) is 0 Å². The van der Waals surface area contributed by atoms with E-state index >= 15 is 0 Å². The van der Waals surface area contributed by atoms with Crippen molar-refractivity contribution in [2.75, 3.05) is 27.4 Å². The normalized spacial score (nSPS) is 12.2. The summed E-state index contributed by atoms with van der Waals surface area (Å²) in [6.07, 6.45) is 0.378. The van der Waals surface area contributed by atoms with Gasteiger partial charge in [0.25, 0.3) is 0 Å². The molecule has 0 aliphatic heterocycles. The quantitative estimate of drug-likeness (QED) is 0.628. The molecule has 0 aromatic rings. The first kappa shape index (κ1) is 14.1. The molecular formula is C10H19NO4. The fraction of sp³-hybridized carbons (Fsp3) is 0.800. The molecule has 0 rings (SSSR count). The van der Waals surface area contributed by atoms with Crippen molar-refractivity contribution in [2.24, 2.45) is 0 Å². The highest BCUT2D eigenvalue weighted by atomic mass is 16.5. The van der Waals surface area contributed by atoms with Crippen molar-refractivity contribution < 1.29 is 19.1 Å². The summed E-state index contributed by atoms with van der Waals surface area (Å²) >= 11 is 0. The van der Waals surface area contributed by atoms with Crippen molar-refractivity contribution in [2.45, 2.75) is 25.9 Å². The summed E-state index contributed by atoms with van der Waals surface area (Å²) in [4.78, 5) is 21.8. The molecule has 0 aromatic carbocycles. The van der Waals surface area contributed by atoms with Crippen molar-refractivity contribution in [3.05, 3.63) is 0 Å². The third-order valence-electron chi connectivity index (χ3n) is 1.92. The number of nitrogens with one attached hydrogen (secondary N) is 1. The predicted molar refractivity (Wildman–Crippen MR) is 55.6 cm³/mol. The number of amides is 1. The van der Waals surface area contributed by atoms with Gasteiger partial charge in [0.1, 0.15) is 5.78 Å². The van der Waals surface area contributed by atoms with Gasteiger partial charge in [0.05, 0.1) is 12.7 Å². The number of Topliss-reactive ketones (excluding diaryl/α,β-unsaturated/α-hetero) is 1. The van der Waals surface area contributed by atoms with Crippen LogP contribution in [0.2, 0.25) is 0 Å². The Bertz CT molecular complexity index is 206. The van der Waals surface area contributed by atoms with E-state index in [2.05, 4.69) is 5.32 Å². The first-order valence-corrected chi connectivity index (χ1v) is 4.88. The van der Waals surface area contributed by atoms with Crippen molar-refractivity contribution in [1.82, 2.24) is 5.32 Å². The van der Waals surface area contributed by atoms with Crippen LogP contribution < -0.4 is 5.32 Å². The van der Waals surface area contributed by atoms with Gasteiger partial charge >= 0.3 is 0 Å². The van der Waals surface area contributed by atoms with Gasteiger partial charge in [-0.3, -0.25) is 4.79 Å². The van der Waals surface area contributed by atoms with Gasteiger partial charge in [0.2, 0.25) is 5.91 Å². The molecule has 0 aromatic heterocycles. The molecule has 0 saturated heterocycles. The van der Waals surface area contributed by atoms with Gasteiger partial charge in [0, 0.05) is 33.6 Å². The molecule has 5 nitrogen and oxygen atoms in total. The zero-order valence-electron chi connectivity index (χ0n) is 9.54. The summed E-state index contributed by atoms with van der Waals surface area (Å²) in [7, 11) is 3.13. The van der Waals surface area contributed by atoms with E-state index in [0.717, 1.165) is 0 Å². The maximum Gasteiger partial charge on any atom is 0.220 e. The van der Waals surface area contributed by atoms with E-state index in [9.17, 15) is 9.59 Å². The Balaban J connectivity index is 3.63. The lowest BCUT2D eigenvalue weighted by molar-refractivity contribution is -0.125. The highest BCUT2D eigenvalue weighted by Crippen LogP contribution is 1.92. The van der Waals surface area contributed by atoms with Gasteiger partial charge in [-0.05, 0) is 6.92 Å². The van der Waals surface area contributed by atoms with Crippen molar-refractivity contribution in [3.8, 4) is 0 Å². The molecule has 0 radical (unpaired) electrons. The van der Waals surface area contributed by atoms with Gasteiger partial charge in [-0.15, -0.1) is 0 Å². The topological polar surface area (TPSA) is 64.6 Å². The van der Waals surface area contributed by atoms with Crippen molar-refractivity contribution in [3.63, 3.8) is 0 Å². The molecule has 1 unspecified atom stereocenters. The smallest absolute Gasteiger partial charge is 0.220 e. The number of rotatable bonds is 8. The molecule has 0 aliphatic rings. The van der Waals surface area contributed by atoms with E-state index in [4.69, 9.17) is 9.47 Å². The number of carbonyl (C=O) groups excluding carboxylic acids is 2. The fourth-order valence-corrected chi connectivity index (χ4v) is 1.00. The number of ketones is 1. The number of ether oxygens (including phenoxy) is 2. The third-order valence-corrected chi connectivity index (χ3v) is 1.92.